The van der Waals surface area contributed by atoms with Gasteiger partial charge in [0.15, 0.2) is 5.65 Å². The van der Waals surface area contributed by atoms with Crippen LogP contribution in [0.4, 0.5) is 0 Å². The Balaban J connectivity index is 2.46. The molecule has 0 aliphatic heterocycles. The van der Waals surface area contributed by atoms with E-state index in [1.54, 1.807) is 0 Å². The Morgan fingerprint density at radius 3 is 3.00 bits per heavy atom. The van der Waals surface area contributed by atoms with Gasteiger partial charge in [0, 0.05) is 19.2 Å². The summed E-state index contributed by atoms with van der Waals surface area (Å²) < 4.78 is 2.03. The summed E-state index contributed by atoms with van der Waals surface area (Å²) in [7, 11) is 1.94. The Labute approximate surface area is 83.0 Å². The third-order valence-corrected chi connectivity index (χ3v) is 2.24. The van der Waals surface area contributed by atoms with Crippen molar-refractivity contribution < 1.29 is 0 Å². The second-order valence-electron chi connectivity index (χ2n) is 3.26. The van der Waals surface area contributed by atoms with Crippen molar-refractivity contribution in [3.05, 3.63) is 29.7 Å². The second-order valence-corrected chi connectivity index (χ2v) is 3.26. The third kappa shape index (κ3) is 1.48. The summed E-state index contributed by atoms with van der Waals surface area (Å²) in [6.07, 6.45) is 2.94. The van der Waals surface area contributed by atoms with E-state index in [1.807, 2.05) is 17.6 Å². The van der Waals surface area contributed by atoms with Crippen molar-refractivity contribution in [2.24, 2.45) is 0 Å². The van der Waals surface area contributed by atoms with Crippen LogP contribution in [0.5, 0.6) is 0 Å². The highest BCUT2D eigenvalue weighted by molar-refractivity contribution is 5.41. The van der Waals surface area contributed by atoms with E-state index in [1.165, 1.54) is 5.56 Å². The van der Waals surface area contributed by atoms with E-state index < -0.39 is 0 Å². The number of aromatic nitrogens is 3. The van der Waals surface area contributed by atoms with E-state index in [-0.39, 0.29) is 0 Å². The van der Waals surface area contributed by atoms with Gasteiger partial charge in [-0.1, -0.05) is 6.92 Å². The molecule has 0 saturated carbocycles. The van der Waals surface area contributed by atoms with Crippen molar-refractivity contribution >= 4 is 5.65 Å². The van der Waals surface area contributed by atoms with Crippen molar-refractivity contribution in [3.8, 4) is 0 Å². The van der Waals surface area contributed by atoms with Gasteiger partial charge in [-0.2, -0.15) is 0 Å². The molecule has 14 heavy (non-hydrogen) atoms. The molecule has 4 heteroatoms. The SMILES string of the molecule is CCc1nnc2cc(CNC)ccn12. The van der Waals surface area contributed by atoms with Gasteiger partial charge in [0.2, 0.25) is 0 Å². The van der Waals surface area contributed by atoms with Crippen LogP contribution in [0.2, 0.25) is 0 Å². The molecule has 0 bridgehead atoms. The highest BCUT2D eigenvalue weighted by Crippen LogP contribution is 2.07. The Hall–Kier alpha value is -1.42. The molecular weight excluding hydrogens is 176 g/mol. The van der Waals surface area contributed by atoms with E-state index in [0.717, 1.165) is 24.4 Å². The summed E-state index contributed by atoms with van der Waals surface area (Å²) in [6.45, 7) is 2.95. The number of fused-ring (bicyclic) bond motifs is 1. The van der Waals surface area contributed by atoms with Gasteiger partial charge < -0.3 is 5.32 Å². The van der Waals surface area contributed by atoms with Crippen LogP contribution in [0.15, 0.2) is 18.3 Å². The maximum Gasteiger partial charge on any atom is 0.161 e. The van der Waals surface area contributed by atoms with Crippen LogP contribution in [0.3, 0.4) is 0 Å². The second kappa shape index (κ2) is 3.75. The molecule has 0 aromatic carbocycles. The van der Waals surface area contributed by atoms with Crippen molar-refractivity contribution in [2.45, 2.75) is 19.9 Å². The average Bonchev–Trinajstić information content (AvgIpc) is 2.60. The van der Waals surface area contributed by atoms with E-state index in [9.17, 15) is 0 Å². The predicted octanol–water partition coefficient (Wildman–Crippen LogP) is 1.01. The quantitative estimate of drug-likeness (QED) is 0.785. The Morgan fingerprint density at radius 1 is 1.43 bits per heavy atom. The molecule has 2 heterocycles. The molecule has 0 amide bonds. The van der Waals surface area contributed by atoms with Gasteiger partial charge in [-0.05, 0) is 24.7 Å². The van der Waals surface area contributed by atoms with Crippen LogP contribution in [-0.2, 0) is 13.0 Å². The molecule has 0 aliphatic carbocycles. The first-order chi connectivity index (χ1) is 6.85. The van der Waals surface area contributed by atoms with Gasteiger partial charge in [-0.15, -0.1) is 10.2 Å². The highest BCUT2D eigenvalue weighted by Gasteiger charge is 2.02. The normalized spacial score (nSPS) is 11.0. The fourth-order valence-electron chi connectivity index (χ4n) is 1.54. The molecule has 4 nitrogen and oxygen atoms in total. The molecule has 0 radical (unpaired) electrons. The molecule has 1 N–H and O–H groups in total. The zero-order valence-corrected chi connectivity index (χ0v) is 8.49. The van der Waals surface area contributed by atoms with E-state index in [4.69, 9.17) is 0 Å². The summed E-state index contributed by atoms with van der Waals surface area (Å²) in [5.74, 6) is 1.01. The summed E-state index contributed by atoms with van der Waals surface area (Å²) in [5, 5.41) is 11.3. The highest BCUT2D eigenvalue weighted by atomic mass is 15.2. The number of hydrogen-bond donors (Lipinski definition) is 1. The lowest BCUT2D eigenvalue weighted by Gasteiger charge is -2.00. The van der Waals surface area contributed by atoms with E-state index >= 15 is 0 Å². The van der Waals surface area contributed by atoms with Crippen LogP contribution in [-0.4, -0.2) is 21.6 Å². The summed E-state index contributed by atoms with van der Waals surface area (Å²) in [4.78, 5) is 0. The Bertz CT molecular complexity index is 433. The summed E-state index contributed by atoms with van der Waals surface area (Å²) in [5.41, 5.74) is 2.16. The molecule has 0 aliphatic rings. The number of nitrogens with one attached hydrogen (secondary N) is 1. The van der Waals surface area contributed by atoms with Gasteiger partial charge in [-0.25, -0.2) is 0 Å². The zero-order chi connectivity index (χ0) is 9.97. The fraction of sp³-hybridized carbons (Fsp3) is 0.400. The largest absolute Gasteiger partial charge is 0.316 e. The molecule has 0 spiro atoms. The fourth-order valence-corrected chi connectivity index (χ4v) is 1.54. The number of hydrogen-bond acceptors (Lipinski definition) is 3. The number of aryl methyl sites for hydroxylation is 1. The number of rotatable bonds is 3. The Kier molecular flexibility index (Phi) is 2.45. The molecule has 0 fully saturated rings. The number of pyridine rings is 1. The summed E-state index contributed by atoms with van der Waals surface area (Å²) >= 11 is 0. The minimum atomic E-state index is 0.866. The molecule has 0 saturated heterocycles. The average molecular weight is 190 g/mol. The van der Waals surface area contributed by atoms with Gasteiger partial charge in [0.05, 0.1) is 0 Å². The molecule has 0 atom stereocenters. The van der Waals surface area contributed by atoms with Crippen LogP contribution in [0.25, 0.3) is 5.65 Å². The topological polar surface area (TPSA) is 42.2 Å². The molecule has 2 aromatic rings. The Morgan fingerprint density at radius 2 is 2.29 bits per heavy atom. The van der Waals surface area contributed by atoms with Crippen molar-refractivity contribution in [2.75, 3.05) is 7.05 Å². The summed E-state index contributed by atoms with van der Waals surface area (Å²) in [6, 6.07) is 4.15. The standard InChI is InChI=1S/C10H14N4/c1-3-9-12-13-10-6-8(7-11-2)4-5-14(9)10/h4-6,11H,3,7H2,1-2H3. The van der Waals surface area contributed by atoms with Gasteiger partial charge >= 0.3 is 0 Å². The number of nitrogens with zero attached hydrogens (tertiary/aromatic N) is 3. The van der Waals surface area contributed by atoms with Crippen LogP contribution in [0.1, 0.15) is 18.3 Å². The minimum absolute atomic E-state index is 0.866. The lowest BCUT2D eigenvalue weighted by molar-refractivity contribution is 0.815. The molecule has 2 aromatic heterocycles. The first-order valence-electron chi connectivity index (χ1n) is 4.82. The predicted molar refractivity (Wildman–Crippen MR) is 55.1 cm³/mol. The van der Waals surface area contributed by atoms with E-state index in [0.29, 0.717) is 0 Å². The molecule has 2 rings (SSSR count). The first-order valence-corrected chi connectivity index (χ1v) is 4.82. The van der Waals surface area contributed by atoms with Gasteiger partial charge in [-0.3, -0.25) is 4.40 Å². The lowest BCUT2D eigenvalue weighted by atomic mass is 10.2. The van der Waals surface area contributed by atoms with Crippen LogP contribution in [0, 0.1) is 0 Å². The zero-order valence-electron chi connectivity index (χ0n) is 8.49. The first kappa shape index (κ1) is 9.15. The minimum Gasteiger partial charge on any atom is -0.316 e. The van der Waals surface area contributed by atoms with E-state index in [2.05, 4.69) is 34.6 Å². The van der Waals surface area contributed by atoms with Gasteiger partial charge in [0.1, 0.15) is 5.82 Å². The van der Waals surface area contributed by atoms with Crippen molar-refractivity contribution in [1.82, 2.24) is 19.9 Å². The van der Waals surface area contributed by atoms with Crippen LogP contribution >= 0.6 is 0 Å². The van der Waals surface area contributed by atoms with Crippen LogP contribution < -0.4 is 5.32 Å². The maximum absolute atomic E-state index is 4.12. The molecule has 0 unspecified atom stereocenters. The maximum atomic E-state index is 4.12. The van der Waals surface area contributed by atoms with Gasteiger partial charge in [0.25, 0.3) is 0 Å². The monoisotopic (exact) mass is 190 g/mol. The lowest BCUT2D eigenvalue weighted by Crippen LogP contribution is -2.05. The smallest absolute Gasteiger partial charge is 0.161 e. The molecular formula is C10H14N4. The molecule has 74 valence electrons. The van der Waals surface area contributed by atoms with Crippen molar-refractivity contribution in [1.29, 1.82) is 0 Å². The van der Waals surface area contributed by atoms with Crippen molar-refractivity contribution in [3.63, 3.8) is 0 Å². The third-order valence-electron chi connectivity index (χ3n) is 2.24.